The molecule has 0 amide bonds. The van der Waals surface area contributed by atoms with E-state index in [1.807, 2.05) is 19.1 Å². The van der Waals surface area contributed by atoms with Crippen molar-refractivity contribution in [3.63, 3.8) is 0 Å². The summed E-state index contributed by atoms with van der Waals surface area (Å²) in [5.41, 5.74) is 2.30. The van der Waals surface area contributed by atoms with Crippen molar-refractivity contribution in [3.8, 4) is 0 Å². The summed E-state index contributed by atoms with van der Waals surface area (Å²) in [4.78, 5) is 2.17. The van der Waals surface area contributed by atoms with Crippen LogP contribution in [-0.2, 0) is 0 Å². The Bertz CT molecular complexity index is 373. The SMILES string of the molecule is CC(C)c1ccc(C(O)C(C)NCCCN(C)C)cc1. The molecule has 0 radical (unpaired) electrons. The van der Waals surface area contributed by atoms with Crippen molar-refractivity contribution in [3.05, 3.63) is 35.4 Å². The molecule has 20 heavy (non-hydrogen) atoms. The molecule has 114 valence electrons. The fraction of sp³-hybridized carbons (Fsp3) is 0.647. The second-order valence-electron chi connectivity index (χ2n) is 6.17. The summed E-state index contributed by atoms with van der Waals surface area (Å²) in [7, 11) is 4.16. The van der Waals surface area contributed by atoms with Crippen LogP contribution in [0.5, 0.6) is 0 Å². The number of nitrogens with one attached hydrogen (secondary N) is 1. The second kappa shape index (κ2) is 8.40. The Labute approximate surface area is 124 Å². The van der Waals surface area contributed by atoms with Gasteiger partial charge in [-0.2, -0.15) is 0 Å². The van der Waals surface area contributed by atoms with Gasteiger partial charge in [0.2, 0.25) is 0 Å². The zero-order valence-electron chi connectivity index (χ0n) is 13.6. The van der Waals surface area contributed by atoms with Crippen LogP contribution in [0.25, 0.3) is 0 Å². The Morgan fingerprint density at radius 3 is 2.10 bits per heavy atom. The van der Waals surface area contributed by atoms with Gasteiger partial charge in [0.05, 0.1) is 6.10 Å². The Balaban J connectivity index is 2.45. The fourth-order valence-corrected chi connectivity index (χ4v) is 2.20. The van der Waals surface area contributed by atoms with E-state index in [1.165, 1.54) is 5.56 Å². The molecule has 2 N–H and O–H groups in total. The molecule has 0 aliphatic heterocycles. The van der Waals surface area contributed by atoms with Gasteiger partial charge in [-0.25, -0.2) is 0 Å². The van der Waals surface area contributed by atoms with Gasteiger partial charge in [0, 0.05) is 6.04 Å². The zero-order chi connectivity index (χ0) is 15.1. The lowest BCUT2D eigenvalue weighted by molar-refractivity contribution is 0.135. The highest BCUT2D eigenvalue weighted by Gasteiger charge is 2.15. The van der Waals surface area contributed by atoms with Crippen LogP contribution < -0.4 is 5.32 Å². The number of rotatable bonds is 8. The van der Waals surface area contributed by atoms with Gasteiger partial charge >= 0.3 is 0 Å². The summed E-state index contributed by atoms with van der Waals surface area (Å²) < 4.78 is 0. The largest absolute Gasteiger partial charge is 0.387 e. The molecule has 1 aromatic carbocycles. The molecule has 2 unspecified atom stereocenters. The molecule has 3 nitrogen and oxygen atoms in total. The van der Waals surface area contributed by atoms with Crippen molar-refractivity contribution in [2.75, 3.05) is 27.2 Å². The highest BCUT2D eigenvalue weighted by molar-refractivity contribution is 5.26. The van der Waals surface area contributed by atoms with E-state index in [1.54, 1.807) is 0 Å². The zero-order valence-corrected chi connectivity index (χ0v) is 13.6. The van der Waals surface area contributed by atoms with Crippen LogP contribution in [-0.4, -0.2) is 43.2 Å². The molecule has 0 bridgehead atoms. The van der Waals surface area contributed by atoms with Gasteiger partial charge in [-0.1, -0.05) is 38.1 Å². The third-order valence-corrected chi connectivity index (χ3v) is 3.67. The lowest BCUT2D eigenvalue weighted by atomic mass is 9.98. The minimum absolute atomic E-state index is 0.0714. The van der Waals surface area contributed by atoms with Crippen LogP contribution in [0.1, 0.15) is 50.3 Å². The number of benzene rings is 1. The van der Waals surface area contributed by atoms with Crippen molar-refractivity contribution in [1.82, 2.24) is 10.2 Å². The first-order valence-electron chi connectivity index (χ1n) is 7.58. The molecule has 0 aliphatic rings. The quantitative estimate of drug-likeness (QED) is 0.718. The molecule has 3 heteroatoms. The molecule has 0 saturated heterocycles. The maximum atomic E-state index is 10.4. The van der Waals surface area contributed by atoms with Crippen LogP contribution in [0.4, 0.5) is 0 Å². The lowest BCUT2D eigenvalue weighted by Crippen LogP contribution is -2.34. The molecule has 0 aliphatic carbocycles. The number of hydrogen-bond acceptors (Lipinski definition) is 3. The summed E-state index contributed by atoms with van der Waals surface area (Å²) in [6, 6.07) is 8.38. The third-order valence-electron chi connectivity index (χ3n) is 3.67. The third kappa shape index (κ3) is 5.61. The Morgan fingerprint density at radius 2 is 1.60 bits per heavy atom. The van der Waals surface area contributed by atoms with E-state index in [0.717, 1.165) is 25.1 Å². The molecular formula is C17H30N2O. The first-order valence-corrected chi connectivity index (χ1v) is 7.58. The van der Waals surface area contributed by atoms with E-state index in [4.69, 9.17) is 0 Å². The minimum atomic E-state index is -0.449. The van der Waals surface area contributed by atoms with Gasteiger partial charge in [0.25, 0.3) is 0 Å². The van der Waals surface area contributed by atoms with Gasteiger partial charge in [0.15, 0.2) is 0 Å². The first-order chi connectivity index (χ1) is 9.41. The van der Waals surface area contributed by atoms with Crippen LogP contribution in [0.2, 0.25) is 0 Å². The molecule has 0 spiro atoms. The van der Waals surface area contributed by atoms with Crippen molar-refractivity contribution in [1.29, 1.82) is 0 Å². The van der Waals surface area contributed by atoms with E-state index >= 15 is 0 Å². The maximum Gasteiger partial charge on any atom is 0.0940 e. The van der Waals surface area contributed by atoms with Crippen molar-refractivity contribution in [2.45, 2.75) is 45.3 Å². The maximum absolute atomic E-state index is 10.4. The van der Waals surface area contributed by atoms with Gasteiger partial charge in [-0.3, -0.25) is 0 Å². The van der Waals surface area contributed by atoms with Crippen LogP contribution in [0, 0.1) is 0 Å². The van der Waals surface area contributed by atoms with E-state index in [0.29, 0.717) is 5.92 Å². The Kier molecular flexibility index (Phi) is 7.20. The van der Waals surface area contributed by atoms with E-state index in [9.17, 15) is 5.11 Å². The van der Waals surface area contributed by atoms with Gasteiger partial charge in [-0.05, 0) is 57.6 Å². The smallest absolute Gasteiger partial charge is 0.0940 e. The summed E-state index contributed by atoms with van der Waals surface area (Å²) in [5.74, 6) is 0.530. The highest BCUT2D eigenvalue weighted by Crippen LogP contribution is 2.20. The molecule has 0 fully saturated rings. The first kappa shape index (κ1) is 17.2. The summed E-state index contributed by atoms with van der Waals surface area (Å²) in [6.07, 6.45) is 0.645. The number of hydrogen-bond donors (Lipinski definition) is 2. The summed E-state index contributed by atoms with van der Waals surface area (Å²) in [5, 5.41) is 13.8. The monoisotopic (exact) mass is 278 g/mol. The van der Waals surface area contributed by atoms with Crippen LogP contribution in [0.3, 0.4) is 0 Å². The average molecular weight is 278 g/mol. The normalized spacial score (nSPS) is 14.8. The molecule has 1 rings (SSSR count). The van der Waals surface area contributed by atoms with E-state index < -0.39 is 6.10 Å². The van der Waals surface area contributed by atoms with Gasteiger partial charge in [0.1, 0.15) is 0 Å². The van der Waals surface area contributed by atoms with Crippen molar-refractivity contribution >= 4 is 0 Å². The van der Waals surface area contributed by atoms with Gasteiger partial charge < -0.3 is 15.3 Å². The van der Waals surface area contributed by atoms with Gasteiger partial charge in [-0.15, -0.1) is 0 Å². The average Bonchev–Trinajstić information content (AvgIpc) is 2.42. The Hall–Kier alpha value is -0.900. The van der Waals surface area contributed by atoms with Crippen LogP contribution >= 0.6 is 0 Å². The second-order valence-corrected chi connectivity index (χ2v) is 6.17. The number of nitrogens with zero attached hydrogens (tertiary/aromatic N) is 1. The highest BCUT2D eigenvalue weighted by atomic mass is 16.3. The molecule has 0 saturated carbocycles. The summed E-state index contributed by atoms with van der Waals surface area (Å²) in [6.45, 7) is 8.40. The summed E-state index contributed by atoms with van der Waals surface area (Å²) >= 11 is 0. The molecule has 0 heterocycles. The molecule has 1 aromatic rings. The lowest BCUT2D eigenvalue weighted by Gasteiger charge is -2.21. The fourth-order valence-electron chi connectivity index (χ4n) is 2.20. The van der Waals surface area contributed by atoms with E-state index in [-0.39, 0.29) is 6.04 Å². The predicted molar refractivity (Wildman–Crippen MR) is 86.1 cm³/mol. The number of aliphatic hydroxyl groups excluding tert-OH is 1. The van der Waals surface area contributed by atoms with Crippen LogP contribution in [0.15, 0.2) is 24.3 Å². The molecule has 0 aromatic heterocycles. The number of aliphatic hydroxyl groups is 1. The topological polar surface area (TPSA) is 35.5 Å². The minimum Gasteiger partial charge on any atom is -0.387 e. The standard InChI is InChI=1S/C17H30N2O/c1-13(2)15-7-9-16(10-8-15)17(20)14(3)18-11-6-12-19(4)5/h7-10,13-14,17-18,20H,6,11-12H2,1-5H3. The Morgan fingerprint density at radius 1 is 1.05 bits per heavy atom. The molecule has 2 atom stereocenters. The van der Waals surface area contributed by atoms with Crippen molar-refractivity contribution < 1.29 is 5.11 Å². The van der Waals surface area contributed by atoms with E-state index in [2.05, 4.69) is 50.3 Å². The predicted octanol–water partition coefficient (Wildman–Crippen LogP) is 2.77. The van der Waals surface area contributed by atoms with Crippen molar-refractivity contribution in [2.24, 2.45) is 0 Å². The molecular weight excluding hydrogens is 248 g/mol.